The van der Waals surface area contributed by atoms with Gasteiger partial charge in [-0.15, -0.1) is 0 Å². The molecular formula is C18H26N4O3. The number of likely N-dealkylation sites (tertiary alicyclic amines) is 1. The molecule has 1 aromatic rings. The van der Waals surface area contributed by atoms with Gasteiger partial charge in [0.1, 0.15) is 0 Å². The van der Waals surface area contributed by atoms with Crippen LogP contribution in [0.25, 0.3) is 0 Å². The number of rotatable bonds is 4. The van der Waals surface area contributed by atoms with E-state index in [1.807, 2.05) is 17.9 Å². The van der Waals surface area contributed by atoms with Crippen molar-refractivity contribution >= 4 is 23.5 Å². The van der Waals surface area contributed by atoms with Crippen LogP contribution in [0.2, 0.25) is 0 Å². The molecule has 1 heterocycles. The molecule has 1 aliphatic rings. The van der Waals surface area contributed by atoms with Crippen LogP contribution in [-0.4, -0.2) is 49.4 Å². The first-order valence-electron chi connectivity index (χ1n) is 8.56. The lowest BCUT2D eigenvalue weighted by Gasteiger charge is -2.31. The molecule has 7 nitrogen and oxygen atoms in total. The van der Waals surface area contributed by atoms with E-state index >= 15 is 0 Å². The molecule has 7 heteroatoms. The highest BCUT2D eigenvalue weighted by atomic mass is 16.2. The minimum Gasteiger partial charge on any atom is -0.376 e. The summed E-state index contributed by atoms with van der Waals surface area (Å²) >= 11 is 0. The Hall–Kier alpha value is -2.57. The van der Waals surface area contributed by atoms with E-state index in [2.05, 4.69) is 22.9 Å². The largest absolute Gasteiger partial charge is 0.376 e. The van der Waals surface area contributed by atoms with E-state index in [1.165, 1.54) is 13.5 Å². The molecule has 1 aliphatic heterocycles. The maximum Gasteiger partial charge on any atom is 0.321 e. The standard InChI is InChI=1S/C18H26N4O3/c1-12-5-4-8-22(11-12)17(24)14-6-7-15(13(2)9-14)20-10-16(23)21-18(25)19-3/h6-7,9,12,20H,4-5,8,10-11H2,1-3H3,(H2,19,21,23,25)/t12-/m1/s1. The third-order valence-electron chi connectivity index (χ3n) is 4.34. The fourth-order valence-corrected chi connectivity index (χ4v) is 2.96. The van der Waals surface area contributed by atoms with Gasteiger partial charge in [0, 0.05) is 31.4 Å². The fourth-order valence-electron chi connectivity index (χ4n) is 2.96. The number of amides is 4. The van der Waals surface area contributed by atoms with E-state index in [0.29, 0.717) is 11.5 Å². The van der Waals surface area contributed by atoms with Crippen molar-refractivity contribution in [1.29, 1.82) is 0 Å². The second kappa shape index (κ2) is 8.50. The number of imide groups is 1. The van der Waals surface area contributed by atoms with Crippen LogP contribution in [0.3, 0.4) is 0 Å². The van der Waals surface area contributed by atoms with E-state index < -0.39 is 11.9 Å². The van der Waals surface area contributed by atoms with Gasteiger partial charge in [-0.3, -0.25) is 14.9 Å². The molecule has 25 heavy (non-hydrogen) atoms. The van der Waals surface area contributed by atoms with Crippen molar-refractivity contribution in [1.82, 2.24) is 15.5 Å². The van der Waals surface area contributed by atoms with E-state index in [9.17, 15) is 14.4 Å². The number of benzene rings is 1. The van der Waals surface area contributed by atoms with E-state index in [4.69, 9.17) is 0 Å². The Labute approximate surface area is 148 Å². The van der Waals surface area contributed by atoms with E-state index in [-0.39, 0.29) is 12.5 Å². The van der Waals surface area contributed by atoms with Crippen molar-refractivity contribution < 1.29 is 14.4 Å². The maximum atomic E-state index is 12.6. The second-order valence-electron chi connectivity index (χ2n) is 6.51. The van der Waals surface area contributed by atoms with Crippen LogP contribution >= 0.6 is 0 Å². The predicted molar refractivity (Wildman–Crippen MR) is 96.6 cm³/mol. The average molecular weight is 346 g/mol. The Bertz CT molecular complexity index is 660. The minimum atomic E-state index is -0.541. The zero-order valence-electron chi connectivity index (χ0n) is 15.0. The normalized spacial score (nSPS) is 16.9. The molecule has 136 valence electrons. The van der Waals surface area contributed by atoms with Crippen LogP contribution in [0, 0.1) is 12.8 Å². The molecule has 3 N–H and O–H groups in total. The summed E-state index contributed by atoms with van der Waals surface area (Å²) < 4.78 is 0. The fraction of sp³-hybridized carbons (Fsp3) is 0.500. The summed E-state index contributed by atoms with van der Waals surface area (Å²) in [5.41, 5.74) is 2.30. The van der Waals surface area contributed by atoms with Gasteiger partial charge in [-0.2, -0.15) is 0 Å². The van der Waals surface area contributed by atoms with Crippen LogP contribution in [0.15, 0.2) is 18.2 Å². The van der Waals surface area contributed by atoms with Gasteiger partial charge < -0.3 is 15.5 Å². The first-order chi connectivity index (χ1) is 11.9. The number of urea groups is 1. The van der Waals surface area contributed by atoms with Crippen molar-refractivity contribution in [3.05, 3.63) is 29.3 Å². The predicted octanol–water partition coefficient (Wildman–Crippen LogP) is 1.73. The number of piperidine rings is 1. The van der Waals surface area contributed by atoms with E-state index in [0.717, 1.165) is 30.8 Å². The summed E-state index contributed by atoms with van der Waals surface area (Å²) in [6, 6.07) is 4.86. The number of aryl methyl sites for hydroxylation is 1. The van der Waals surface area contributed by atoms with Crippen LogP contribution in [0.5, 0.6) is 0 Å². The van der Waals surface area contributed by atoms with Gasteiger partial charge in [0.25, 0.3) is 5.91 Å². The van der Waals surface area contributed by atoms with Gasteiger partial charge in [-0.05, 0) is 49.4 Å². The topological polar surface area (TPSA) is 90.5 Å². The summed E-state index contributed by atoms with van der Waals surface area (Å²) in [7, 11) is 1.44. The second-order valence-corrected chi connectivity index (χ2v) is 6.51. The zero-order chi connectivity index (χ0) is 18.4. The summed E-state index contributed by atoms with van der Waals surface area (Å²) in [5, 5.41) is 7.48. The molecule has 0 aromatic heterocycles. The molecule has 1 saturated heterocycles. The van der Waals surface area contributed by atoms with E-state index in [1.54, 1.807) is 12.1 Å². The first-order valence-corrected chi connectivity index (χ1v) is 8.56. The highest BCUT2D eigenvalue weighted by Gasteiger charge is 2.22. The van der Waals surface area contributed by atoms with Gasteiger partial charge in [0.05, 0.1) is 6.54 Å². The Morgan fingerprint density at radius 3 is 2.68 bits per heavy atom. The molecule has 4 amide bonds. The van der Waals surface area contributed by atoms with Crippen LogP contribution in [0.4, 0.5) is 10.5 Å². The number of carbonyl (C=O) groups excluding carboxylic acids is 3. The number of hydrogen-bond acceptors (Lipinski definition) is 4. The monoisotopic (exact) mass is 346 g/mol. The Morgan fingerprint density at radius 1 is 1.28 bits per heavy atom. The molecule has 0 radical (unpaired) electrons. The number of anilines is 1. The maximum absolute atomic E-state index is 12.6. The molecule has 1 fully saturated rings. The van der Waals surface area contributed by atoms with Crippen molar-refractivity contribution in [3.8, 4) is 0 Å². The Morgan fingerprint density at radius 2 is 2.04 bits per heavy atom. The summed E-state index contributed by atoms with van der Waals surface area (Å²) in [6.45, 7) is 5.64. The van der Waals surface area contributed by atoms with Crippen molar-refractivity contribution in [3.63, 3.8) is 0 Å². The number of nitrogens with zero attached hydrogens (tertiary/aromatic N) is 1. The third-order valence-corrected chi connectivity index (χ3v) is 4.34. The summed E-state index contributed by atoms with van der Waals surface area (Å²) in [5.74, 6) is 0.165. The molecule has 2 rings (SSSR count). The highest BCUT2D eigenvalue weighted by molar-refractivity contribution is 5.97. The SMILES string of the molecule is CNC(=O)NC(=O)CNc1ccc(C(=O)N2CCC[C@@H](C)C2)cc1C. The first kappa shape index (κ1) is 18.8. The van der Waals surface area contributed by atoms with Gasteiger partial charge in [0.2, 0.25) is 5.91 Å². The molecule has 0 aliphatic carbocycles. The summed E-state index contributed by atoms with van der Waals surface area (Å²) in [6.07, 6.45) is 2.22. The highest BCUT2D eigenvalue weighted by Crippen LogP contribution is 2.21. The van der Waals surface area contributed by atoms with Gasteiger partial charge in [-0.25, -0.2) is 4.79 Å². The quantitative estimate of drug-likeness (QED) is 0.774. The average Bonchev–Trinajstić information content (AvgIpc) is 2.59. The molecule has 0 bridgehead atoms. The number of carbonyl (C=O) groups is 3. The lowest BCUT2D eigenvalue weighted by molar-refractivity contribution is -0.118. The molecule has 0 saturated carbocycles. The summed E-state index contributed by atoms with van der Waals surface area (Å²) in [4.78, 5) is 37.2. The zero-order valence-corrected chi connectivity index (χ0v) is 15.0. The van der Waals surface area contributed by atoms with Crippen LogP contribution < -0.4 is 16.0 Å². The van der Waals surface area contributed by atoms with Crippen LogP contribution in [-0.2, 0) is 4.79 Å². The molecule has 0 spiro atoms. The molecule has 1 aromatic carbocycles. The Balaban J connectivity index is 1.96. The van der Waals surface area contributed by atoms with Crippen molar-refractivity contribution in [2.45, 2.75) is 26.7 Å². The van der Waals surface area contributed by atoms with Gasteiger partial charge in [0.15, 0.2) is 0 Å². The minimum absolute atomic E-state index is 0.0226. The molecule has 1 atom stereocenters. The van der Waals surface area contributed by atoms with Gasteiger partial charge >= 0.3 is 6.03 Å². The number of hydrogen-bond donors (Lipinski definition) is 3. The molecule has 0 unspecified atom stereocenters. The smallest absolute Gasteiger partial charge is 0.321 e. The molecular weight excluding hydrogens is 320 g/mol. The Kier molecular flexibility index (Phi) is 6.38. The third kappa shape index (κ3) is 5.20. The number of nitrogens with one attached hydrogen (secondary N) is 3. The van der Waals surface area contributed by atoms with Crippen molar-refractivity contribution in [2.75, 3.05) is 32.0 Å². The lowest BCUT2D eigenvalue weighted by atomic mass is 9.99. The van der Waals surface area contributed by atoms with Crippen molar-refractivity contribution in [2.24, 2.45) is 5.92 Å². The van der Waals surface area contributed by atoms with Gasteiger partial charge in [-0.1, -0.05) is 6.92 Å². The lowest BCUT2D eigenvalue weighted by Crippen LogP contribution is -2.40. The van der Waals surface area contributed by atoms with Crippen LogP contribution in [0.1, 0.15) is 35.7 Å².